The van der Waals surface area contributed by atoms with Crippen LogP contribution in [0.4, 0.5) is 0 Å². The van der Waals surface area contributed by atoms with Crippen LogP contribution in [0.2, 0.25) is 0 Å². The summed E-state index contributed by atoms with van der Waals surface area (Å²) in [5.41, 5.74) is 0. The van der Waals surface area contributed by atoms with Gasteiger partial charge in [0.25, 0.3) is 0 Å². The summed E-state index contributed by atoms with van der Waals surface area (Å²) in [4.78, 5) is 10.4. The summed E-state index contributed by atoms with van der Waals surface area (Å²) >= 11 is 0. The summed E-state index contributed by atoms with van der Waals surface area (Å²) in [5, 5.41) is 65.9. The molecule has 0 radical (unpaired) electrons. The van der Waals surface area contributed by atoms with Gasteiger partial charge in [-0.3, -0.25) is 56.9 Å². The van der Waals surface area contributed by atoms with Crippen molar-refractivity contribution in [2.75, 3.05) is 163 Å². The zero-order valence-electron chi connectivity index (χ0n) is 36.9. The maximum Gasteiger partial charge on any atom is 3.00 e. The monoisotopic (exact) mass is 1320 g/mol. The fourth-order valence-electron chi connectivity index (χ4n) is 6.17. The zero-order valence-corrected chi connectivity index (χ0v) is 45.1. The number of nitrogens with zero attached hydrogens (tertiary/aromatic N) is 12. The van der Waals surface area contributed by atoms with Gasteiger partial charge in [-0.25, -0.2) is 0 Å². The first kappa shape index (κ1) is 63.7. The predicted molar refractivity (Wildman–Crippen MR) is 200 cm³/mol. The molecule has 6 rings (SSSR count). The molecule has 0 spiro atoms. The van der Waals surface area contributed by atoms with Crippen molar-refractivity contribution < 1.29 is 167 Å². The van der Waals surface area contributed by atoms with Crippen molar-refractivity contribution in [3.05, 3.63) is 0 Å². The number of hydrogen-bond acceptors (Lipinski definition) is 12. The van der Waals surface area contributed by atoms with Crippen LogP contribution < -0.4 is 103 Å². The van der Waals surface area contributed by atoms with Gasteiger partial charge >= 0.3 is 36.9 Å². The first-order chi connectivity index (χ1) is 25.3. The van der Waals surface area contributed by atoms with Gasteiger partial charge < -0.3 is 103 Å². The molecule has 22 heteroatoms. The van der Waals surface area contributed by atoms with Crippen LogP contribution in [0.25, 0.3) is 0 Å². The van der Waals surface area contributed by atoms with Crippen LogP contribution in [-0.4, -0.2) is 256 Å². The van der Waals surface area contributed by atoms with Gasteiger partial charge in [-0.05, 0) is 0 Å². The zero-order chi connectivity index (χ0) is 41.1. The molecule has 0 unspecified atom stereocenters. The van der Waals surface area contributed by atoms with Crippen LogP contribution in [0.15, 0.2) is 0 Å². The van der Waals surface area contributed by atoms with E-state index < -0.39 is 0 Å². The van der Waals surface area contributed by atoms with Crippen molar-refractivity contribution in [3.63, 3.8) is 0 Å². The molecule has 0 aromatic heterocycles. The molecule has 0 amide bonds. The minimum absolute atomic E-state index is 0. The average Bonchev–Trinajstić information content (AvgIpc) is 3.13. The second kappa shape index (κ2) is 33.6. The van der Waals surface area contributed by atoms with Crippen molar-refractivity contribution in [1.29, 1.82) is 0 Å². The van der Waals surface area contributed by atoms with Crippen LogP contribution in [0, 0.1) is 36.9 Å². The maximum absolute atomic E-state index is 11.0. The molecule has 0 saturated heterocycles. The number of amidine groups is 6. The largest absolute Gasteiger partial charge is 3.00 e. The van der Waals surface area contributed by atoms with Crippen LogP contribution in [0.1, 0.15) is 38.5 Å². The van der Waals surface area contributed by atoms with Gasteiger partial charge in [0.1, 0.15) is 0 Å². The maximum atomic E-state index is 11.0. The van der Waals surface area contributed by atoms with E-state index in [1.807, 2.05) is 84.6 Å². The molecule has 0 saturated carbocycles. The fourth-order valence-corrected chi connectivity index (χ4v) is 6.17. The number of halogens is 3. The first-order valence-corrected chi connectivity index (χ1v) is 19.1. The van der Waals surface area contributed by atoms with Crippen LogP contribution in [-0.2, 0) is 0 Å². The third-order valence-electron chi connectivity index (χ3n) is 9.84. The second-order valence-electron chi connectivity index (χ2n) is 14.9. The summed E-state index contributed by atoms with van der Waals surface area (Å²) in [6.45, 7) is 10.9. The summed E-state index contributed by atoms with van der Waals surface area (Å²) < 4.78 is 10.4. The van der Waals surface area contributed by atoms with Crippen molar-refractivity contribution in [2.45, 2.75) is 38.5 Å². The quantitative estimate of drug-likeness (QED) is 0.166. The SMILES string of the molecule is CN1CCC[N+](C)=C1[O-].CN1CCC[N+](C)=C1[O-].CN1CCC[N+](C)=C1[O-].CN1CCC[N+](C)=C1[O-].CN1CCC[N+](C)=C1[O-].CN1CCC[N+](C)=C1[O-].[I-].[I-].[I-].[Lu+3]. The van der Waals surface area contributed by atoms with E-state index in [9.17, 15) is 30.6 Å². The van der Waals surface area contributed by atoms with Crippen LogP contribution >= 0.6 is 0 Å². The van der Waals surface area contributed by atoms with Gasteiger partial charge in [0.05, 0.1) is 163 Å². The molecule has 0 aromatic carbocycles. The van der Waals surface area contributed by atoms with Gasteiger partial charge in [0.2, 0.25) is 36.1 Å². The molecule has 6 aliphatic rings. The number of rotatable bonds is 0. The van der Waals surface area contributed by atoms with Crippen molar-refractivity contribution in [1.82, 2.24) is 29.4 Å². The minimum Gasteiger partial charge on any atom is -1.00 e. The van der Waals surface area contributed by atoms with E-state index in [1.54, 1.807) is 56.9 Å². The third-order valence-corrected chi connectivity index (χ3v) is 9.84. The Labute approximate surface area is 429 Å². The summed E-state index contributed by atoms with van der Waals surface area (Å²) in [6.07, 6.45) is 6.58. The molecule has 0 N–H and O–H groups in total. The van der Waals surface area contributed by atoms with Crippen molar-refractivity contribution in [2.24, 2.45) is 0 Å². The fraction of sp³-hybridized carbons (Fsp3) is 0.833. The van der Waals surface area contributed by atoms with Gasteiger partial charge in [0, 0.05) is 38.5 Å². The Morgan fingerprint density at radius 1 is 0.293 bits per heavy atom. The van der Waals surface area contributed by atoms with Gasteiger partial charge in [-0.2, -0.15) is 0 Å². The van der Waals surface area contributed by atoms with E-state index in [0.29, 0.717) is 0 Å². The van der Waals surface area contributed by atoms with Gasteiger partial charge in [-0.1, -0.05) is 0 Å². The molecule has 0 aromatic rings. The summed E-state index contributed by atoms with van der Waals surface area (Å²) in [6, 6.07) is 0.840. The Morgan fingerprint density at radius 3 is 0.466 bits per heavy atom. The Morgan fingerprint density at radius 2 is 0.397 bits per heavy atom. The molecule has 18 nitrogen and oxygen atoms in total. The Bertz CT molecular complexity index is 1140. The standard InChI is InChI=1S/6C6H12N2O.3HI.Lu/c6*1-7-4-3-5-8(2)6(7)9;;;;/h6*3-5H2,1-2H3;3*1H;/q;;;;;;;;;+3/p-3. The molecule has 348 valence electrons. The average molecular weight is 1320 g/mol. The summed E-state index contributed by atoms with van der Waals surface area (Å²) in [5.74, 6) is 0. The Kier molecular flexibility index (Phi) is 36.9. The molecular formula is C36H72I3LuN12O6. The number of hydrogen-bond donors (Lipinski definition) is 0. The molecule has 0 fully saturated rings. The van der Waals surface area contributed by atoms with E-state index in [-0.39, 0.29) is 145 Å². The molecule has 0 aliphatic carbocycles. The van der Waals surface area contributed by atoms with Crippen LogP contribution in [0.3, 0.4) is 0 Å². The van der Waals surface area contributed by atoms with E-state index in [1.165, 1.54) is 0 Å². The topological polar surface area (TPSA) is 176 Å². The van der Waals surface area contributed by atoms with Gasteiger partial charge in [-0.15, -0.1) is 0 Å². The Balaban J connectivity index is -0.000000298. The van der Waals surface area contributed by atoms with Crippen molar-refractivity contribution >= 4 is 36.1 Å². The minimum atomic E-state index is 0. The van der Waals surface area contributed by atoms with E-state index in [0.717, 1.165) is 117 Å². The molecule has 6 heterocycles. The van der Waals surface area contributed by atoms with Crippen LogP contribution in [0.5, 0.6) is 0 Å². The molecule has 6 aliphatic heterocycles. The molecular weight excluding hydrogens is 1250 g/mol. The normalized spacial score (nSPS) is 19.4. The smallest absolute Gasteiger partial charge is 1.00 e. The van der Waals surface area contributed by atoms with E-state index in [4.69, 9.17) is 0 Å². The third kappa shape index (κ3) is 23.3. The van der Waals surface area contributed by atoms with E-state index in [2.05, 4.69) is 0 Å². The molecule has 0 atom stereocenters. The van der Waals surface area contributed by atoms with Gasteiger partial charge in [0.15, 0.2) is 0 Å². The molecule has 58 heavy (non-hydrogen) atoms. The summed E-state index contributed by atoms with van der Waals surface area (Å²) in [7, 11) is 22.0. The molecule has 0 bridgehead atoms. The first-order valence-electron chi connectivity index (χ1n) is 19.1. The second-order valence-corrected chi connectivity index (χ2v) is 14.9. The van der Waals surface area contributed by atoms with E-state index >= 15 is 0 Å². The predicted octanol–water partition coefficient (Wildman–Crippen LogP) is -16.9. The van der Waals surface area contributed by atoms with Crippen molar-refractivity contribution in [3.8, 4) is 0 Å². The Hall–Kier alpha value is -0.956.